The van der Waals surface area contributed by atoms with Crippen molar-refractivity contribution in [2.75, 3.05) is 11.9 Å². The van der Waals surface area contributed by atoms with E-state index in [1.165, 1.54) is 25.0 Å². The van der Waals surface area contributed by atoms with Crippen molar-refractivity contribution in [1.29, 1.82) is 0 Å². The Morgan fingerprint density at radius 2 is 2.24 bits per heavy atom. The van der Waals surface area contributed by atoms with Gasteiger partial charge in [0.25, 0.3) is 5.69 Å². The summed E-state index contributed by atoms with van der Waals surface area (Å²) in [5, 5.41) is 14.2. The molecule has 1 aromatic heterocycles. The summed E-state index contributed by atoms with van der Waals surface area (Å²) < 4.78 is 0. The molecule has 1 aliphatic rings. The fraction of sp³-hybridized carbons (Fsp3) is 0.500. The Morgan fingerprint density at radius 3 is 3.00 bits per heavy atom. The topological polar surface area (TPSA) is 83.8 Å². The van der Waals surface area contributed by atoms with Gasteiger partial charge in [-0.25, -0.2) is 4.98 Å². The van der Waals surface area contributed by atoms with Crippen molar-refractivity contribution in [2.24, 2.45) is 5.92 Å². The second-order valence-corrected chi connectivity index (χ2v) is 6.05. The van der Waals surface area contributed by atoms with Crippen molar-refractivity contribution in [3.05, 3.63) is 28.3 Å². The molecule has 2 atom stereocenters. The smallest absolute Gasteiger partial charge is 0.271 e. The number of hydrogen-bond acceptors (Lipinski definition) is 4. The molecule has 1 aromatic carbocycles. The molecule has 0 bridgehead atoms. The zero-order chi connectivity index (χ0) is 14.8. The van der Waals surface area contributed by atoms with E-state index in [0.717, 1.165) is 19.4 Å². The summed E-state index contributed by atoms with van der Waals surface area (Å²) in [7, 11) is 0. The van der Waals surface area contributed by atoms with Crippen LogP contribution in [0.3, 0.4) is 0 Å². The highest BCUT2D eigenvalue weighted by Gasteiger charge is 2.23. The maximum absolute atomic E-state index is 10.8. The molecule has 7 heteroatoms. The number of rotatable bonds is 4. The maximum Gasteiger partial charge on any atom is 0.271 e. The van der Waals surface area contributed by atoms with Crippen molar-refractivity contribution in [2.45, 2.75) is 31.1 Å². The minimum atomic E-state index is -0.409. The first-order chi connectivity index (χ1) is 10.1. The number of imidazole rings is 1. The molecule has 2 unspecified atom stereocenters. The lowest BCUT2D eigenvalue weighted by Crippen LogP contribution is -2.26. The van der Waals surface area contributed by atoms with Gasteiger partial charge in [0.2, 0.25) is 5.95 Å². The fourth-order valence-corrected chi connectivity index (χ4v) is 3.18. The lowest BCUT2D eigenvalue weighted by atomic mass is 9.89. The molecule has 6 nitrogen and oxygen atoms in total. The molecule has 1 heterocycles. The van der Waals surface area contributed by atoms with Crippen LogP contribution < -0.4 is 5.32 Å². The van der Waals surface area contributed by atoms with Crippen LogP contribution in [0.5, 0.6) is 0 Å². The molecular formula is C14H17ClN4O2. The first kappa shape index (κ1) is 14.1. The summed E-state index contributed by atoms with van der Waals surface area (Å²) in [5.74, 6) is 1.09. The van der Waals surface area contributed by atoms with Gasteiger partial charge >= 0.3 is 0 Å². The Balaban J connectivity index is 1.71. The molecule has 1 aliphatic carbocycles. The van der Waals surface area contributed by atoms with Gasteiger partial charge in [0.1, 0.15) is 0 Å². The number of nitro benzene ring substituents is 1. The number of benzene rings is 1. The third kappa shape index (κ3) is 3.10. The SMILES string of the molecule is O=[N+]([O-])c1ccc2nc(NCC3CCCCC3Cl)[nH]c2c1. The van der Waals surface area contributed by atoms with E-state index in [-0.39, 0.29) is 11.1 Å². The summed E-state index contributed by atoms with van der Waals surface area (Å²) in [4.78, 5) is 17.8. The van der Waals surface area contributed by atoms with E-state index in [9.17, 15) is 10.1 Å². The standard InChI is InChI=1S/C14H17ClN4O2/c15-11-4-2-1-3-9(11)8-16-14-17-12-6-5-10(19(20)21)7-13(12)18-14/h5-7,9,11H,1-4,8H2,(H2,16,17,18). The van der Waals surface area contributed by atoms with Crippen LogP contribution in [0.25, 0.3) is 11.0 Å². The molecular weight excluding hydrogens is 292 g/mol. The molecule has 0 amide bonds. The van der Waals surface area contributed by atoms with Crippen LogP contribution in [0.15, 0.2) is 18.2 Å². The Kier molecular flexibility index (Phi) is 3.96. The number of aromatic amines is 1. The number of H-pyrrole nitrogens is 1. The highest BCUT2D eigenvalue weighted by Crippen LogP contribution is 2.29. The van der Waals surface area contributed by atoms with E-state index in [2.05, 4.69) is 15.3 Å². The summed E-state index contributed by atoms with van der Waals surface area (Å²) in [6.45, 7) is 0.774. The fourth-order valence-electron chi connectivity index (χ4n) is 2.82. The van der Waals surface area contributed by atoms with Gasteiger partial charge < -0.3 is 10.3 Å². The number of alkyl halides is 1. The van der Waals surface area contributed by atoms with Gasteiger partial charge in [-0.15, -0.1) is 11.6 Å². The Bertz CT molecular complexity index is 657. The summed E-state index contributed by atoms with van der Waals surface area (Å²) in [6, 6.07) is 4.61. The lowest BCUT2D eigenvalue weighted by Gasteiger charge is -2.26. The maximum atomic E-state index is 10.8. The second-order valence-electron chi connectivity index (χ2n) is 5.49. The van der Waals surface area contributed by atoms with Crippen LogP contribution in [-0.2, 0) is 0 Å². The van der Waals surface area contributed by atoms with E-state index in [0.29, 0.717) is 22.9 Å². The van der Waals surface area contributed by atoms with Crippen LogP contribution >= 0.6 is 11.6 Å². The van der Waals surface area contributed by atoms with Gasteiger partial charge in [-0.3, -0.25) is 10.1 Å². The van der Waals surface area contributed by atoms with Crippen LogP contribution in [0.2, 0.25) is 0 Å². The van der Waals surface area contributed by atoms with Gasteiger partial charge in [0.05, 0.1) is 16.0 Å². The molecule has 1 fully saturated rings. The number of nitrogens with zero attached hydrogens (tertiary/aromatic N) is 2. The van der Waals surface area contributed by atoms with Crippen LogP contribution in [0.1, 0.15) is 25.7 Å². The van der Waals surface area contributed by atoms with Crippen molar-refractivity contribution >= 4 is 34.3 Å². The van der Waals surface area contributed by atoms with Gasteiger partial charge in [0.15, 0.2) is 0 Å². The zero-order valence-electron chi connectivity index (χ0n) is 11.5. The normalized spacial score (nSPS) is 22.3. The van der Waals surface area contributed by atoms with E-state index in [1.54, 1.807) is 6.07 Å². The van der Waals surface area contributed by atoms with Gasteiger partial charge in [-0.1, -0.05) is 12.8 Å². The third-order valence-corrected chi connectivity index (χ3v) is 4.60. The Hall–Kier alpha value is -1.82. The number of nitro groups is 1. The van der Waals surface area contributed by atoms with Gasteiger partial charge in [-0.2, -0.15) is 0 Å². The number of aromatic nitrogens is 2. The average molecular weight is 309 g/mol. The first-order valence-corrected chi connectivity index (χ1v) is 7.59. The Morgan fingerprint density at radius 1 is 1.43 bits per heavy atom. The molecule has 21 heavy (non-hydrogen) atoms. The van der Waals surface area contributed by atoms with Crippen molar-refractivity contribution in [1.82, 2.24) is 9.97 Å². The lowest BCUT2D eigenvalue weighted by molar-refractivity contribution is -0.384. The minimum absolute atomic E-state index is 0.0609. The summed E-state index contributed by atoms with van der Waals surface area (Å²) in [5.41, 5.74) is 1.44. The first-order valence-electron chi connectivity index (χ1n) is 7.15. The molecule has 1 saturated carbocycles. The van der Waals surface area contributed by atoms with Crippen molar-refractivity contribution < 1.29 is 4.92 Å². The summed E-state index contributed by atoms with van der Waals surface area (Å²) >= 11 is 6.34. The van der Waals surface area contributed by atoms with E-state index < -0.39 is 4.92 Å². The number of non-ortho nitro benzene ring substituents is 1. The number of hydrogen-bond donors (Lipinski definition) is 2. The van der Waals surface area contributed by atoms with Crippen molar-refractivity contribution in [3.63, 3.8) is 0 Å². The van der Waals surface area contributed by atoms with Gasteiger partial charge in [-0.05, 0) is 24.8 Å². The van der Waals surface area contributed by atoms with Crippen LogP contribution in [-0.4, -0.2) is 26.8 Å². The average Bonchev–Trinajstić information content (AvgIpc) is 2.88. The van der Waals surface area contributed by atoms with Crippen molar-refractivity contribution in [3.8, 4) is 0 Å². The monoisotopic (exact) mass is 308 g/mol. The molecule has 112 valence electrons. The molecule has 3 rings (SSSR count). The second kappa shape index (κ2) is 5.89. The highest BCUT2D eigenvalue weighted by molar-refractivity contribution is 6.20. The number of fused-ring (bicyclic) bond motifs is 1. The van der Waals surface area contributed by atoms with Gasteiger partial charge in [0, 0.05) is 24.1 Å². The number of nitrogens with one attached hydrogen (secondary N) is 2. The predicted molar refractivity (Wildman–Crippen MR) is 82.8 cm³/mol. The Labute approximate surface area is 127 Å². The van der Waals surface area contributed by atoms with Crippen LogP contribution in [0.4, 0.5) is 11.6 Å². The zero-order valence-corrected chi connectivity index (χ0v) is 12.3. The van der Waals surface area contributed by atoms with Crippen LogP contribution in [0, 0.1) is 16.0 Å². The molecule has 2 N–H and O–H groups in total. The third-order valence-electron chi connectivity index (χ3n) is 4.02. The number of halogens is 1. The largest absolute Gasteiger partial charge is 0.355 e. The molecule has 0 radical (unpaired) electrons. The number of anilines is 1. The quantitative estimate of drug-likeness (QED) is 0.512. The van der Waals surface area contributed by atoms with E-state index >= 15 is 0 Å². The van der Waals surface area contributed by atoms with E-state index in [1.807, 2.05) is 0 Å². The summed E-state index contributed by atoms with van der Waals surface area (Å²) in [6.07, 6.45) is 4.63. The minimum Gasteiger partial charge on any atom is -0.355 e. The molecule has 0 aliphatic heterocycles. The molecule has 0 saturated heterocycles. The predicted octanol–water partition coefficient (Wildman–Crippen LogP) is 3.68. The molecule has 0 spiro atoms. The van der Waals surface area contributed by atoms with E-state index in [4.69, 9.17) is 11.6 Å². The highest BCUT2D eigenvalue weighted by atomic mass is 35.5. The molecule has 2 aromatic rings.